The highest BCUT2D eigenvalue weighted by molar-refractivity contribution is 5.63. The standard InChI is InChI=1S/C12H19N3O/c1-8-4-5-11(13)12(14-8)15-6-9(2)16-10(3)7-15/h4-5,9-10H,6-7,13H2,1-3H3. The number of morpholine rings is 1. The maximum Gasteiger partial charge on any atom is 0.152 e. The topological polar surface area (TPSA) is 51.4 Å². The van der Waals surface area contributed by atoms with E-state index in [1.807, 2.05) is 19.1 Å². The summed E-state index contributed by atoms with van der Waals surface area (Å²) in [5.41, 5.74) is 7.70. The van der Waals surface area contributed by atoms with Gasteiger partial charge in [-0.2, -0.15) is 0 Å². The van der Waals surface area contributed by atoms with E-state index in [1.165, 1.54) is 0 Å². The lowest BCUT2D eigenvalue weighted by Crippen LogP contribution is -2.46. The Bertz CT molecular complexity index is 371. The summed E-state index contributed by atoms with van der Waals surface area (Å²) >= 11 is 0. The largest absolute Gasteiger partial charge is 0.396 e. The lowest BCUT2D eigenvalue weighted by atomic mass is 10.2. The van der Waals surface area contributed by atoms with Crippen molar-refractivity contribution < 1.29 is 4.74 Å². The van der Waals surface area contributed by atoms with E-state index in [2.05, 4.69) is 23.7 Å². The Labute approximate surface area is 96.4 Å². The van der Waals surface area contributed by atoms with Crippen molar-refractivity contribution >= 4 is 11.5 Å². The SMILES string of the molecule is Cc1ccc(N)c(N2CC(C)OC(C)C2)n1. The summed E-state index contributed by atoms with van der Waals surface area (Å²) in [5, 5.41) is 0. The Morgan fingerprint density at radius 1 is 1.31 bits per heavy atom. The number of anilines is 2. The van der Waals surface area contributed by atoms with Gasteiger partial charge in [-0.3, -0.25) is 0 Å². The van der Waals surface area contributed by atoms with Gasteiger partial charge in [0.15, 0.2) is 5.82 Å². The van der Waals surface area contributed by atoms with Crippen molar-refractivity contribution in [2.75, 3.05) is 23.7 Å². The van der Waals surface area contributed by atoms with Gasteiger partial charge in [0.05, 0.1) is 17.9 Å². The van der Waals surface area contributed by atoms with E-state index in [0.29, 0.717) is 0 Å². The molecule has 2 heterocycles. The van der Waals surface area contributed by atoms with Crippen LogP contribution in [0.4, 0.5) is 11.5 Å². The van der Waals surface area contributed by atoms with Crippen molar-refractivity contribution in [3.63, 3.8) is 0 Å². The summed E-state index contributed by atoms with van der Waals surface area (Å²) in [7, 11) is 0. The zero-order valence-electron chi connectivity index (χ0n) is 10.1. The third-order valence-electron chi connectivity index (χ3n) is 2.76. The summed E-state index contributed by atoms with van der Waals surface area (Å²) in [6.45, 7) is 7.84. The lowest BCUT2D eigenvalue weighted by Gasteiger charge is -2.36. The fourth-order valence-electron chi connectivity index (χ4n) is 2.16. The van der Waals surface area contributed by atoms with Crippen LogP contribution in [0.25, 0.3) is 0 Å². The molecule has 2 unspecified atom stereocenters. The van der Waals surface area contributed by atoms with Crippen LogP contribution in [0.2, 0.25) is 0 Å². The van der Waals surface area contributed by atoms with Gasteiger partial charge in [0.2, 0.25) is 0 Å². The molecule has 1 fully saturated rings. The highest BCUT2D eigenvalue weighted by atomic mass is 16.5. The Morgan fingerprint density at radius 3 is 2.56 bits per heavy atom. The van der Waals surface area contributed by atoms with Gasteiger partial charge in [-0.25, -0.2) is 4.98 Å². The summed E-state index contributed by atoms with van der Waals surface area (Å²) < 4.78 is 5.70. The number of nitrogens with zero attached hydrogens (tertiary/aromatic N) is 2. The number of aromatic nitrogens is 1. The van der Waals surface area contributed by atoms with E-state index in [4.69, 9.17) is 10.5 Å². The van der Waals surface area contributed by atoms with Gasteiger partial charge >= 0.3 is 0 Å². The molecule has 0 aromatic carbocycles. The van der Waals surface area contributed by atoms with Crippen molar-refractivity contribution in [3.8, 4) is 0 Å². The predicted molar refractivity (Wildman–Crippen MR) is 65.6 cm³/mol. The molecule has 0 spiro atoms. The Morgan fingerprint density at radius 2 is 1.94 bits per heavy atom. The van der Waals surface area contributed by atoms with E-state index < -0.39 is 0 Å². The number of rotatable bonds is 1. The van der Waals surface area contributed by atoms with Gasteiger partial charge in [-0.05, 0) is 32.9 Å². The molecule has 0 bridgehead atoms. The first-order valence-electron chi connectivity index (χ1n) is 5.70. The third kappa shape index (κ3) is 2.27. The van der Waals surface area contributed by atoms with Crippen LogP contribution >= 0.6 is 0 Å². The molecule has 1 aromatic rings. The molecule has 2 atom stereocenters. The van der Waals surface area contributed by atoms with E-state index >= 15 is 0 Å². The van der Waals surface area contributed by atoms with Crippen molar-refractivity contribution in [2.24, 2.45) is 0 Å². The summed E-state index contributed by atoms with van der Waals surface area (Å²) in [6.07, 6.45) is 0.455. The zero-order valence-corrected chi connectivity index (χ0v) is 10.1. The molecule has 0 aliphatic carbocycles. The Hall–Kier alpha value is -1.29. The van der Waals surface area contributed by atoms with Crippen LogP contribution in [-0.2, 0) is 4.74 Å². The Balaban J connectivity index is 2.25. The molecule has 0 radical (unpaired) electrons. The number of hydrogen-bond acceptors (Lipinski definition) is 4. The van der Waals surface area contributed by atoms with Gasteiger partial charge in [-0.1, -0.05) is 0 Å². The highest BCUT2D eigenvalue weighted by Gasteiger charge is 2.24. The second-order valence-electron chi connectivity index (χ2n) is 4.53. The predicted octanol–water partition coefficient (Wildman–Crippen LogP) is 1.59. The van der Waals surface area contributed by atoms with Gasteiger partial charge in [0.25, 0.3) is 0 Å². The van der Waals surface area contributed by atoms with Crippen molar-refractivity contribution in [1.82, 2.24) is 4.98 Å². The molecule has 1 saturated heterocycles. The lowest BCUT2D eigenvalue weighted by molar-refractivity contribution is -0.00541. The average Bonchev–Trinajstić information content (AvgIpc) is 2.20. The first-order valence-corrected chi connectivity index (χ1v) is 5.70. The minimum atomic E-state index is 0.227. The minimum Gasteiger partial charge on any atom is -0.396 e. The molecule has 88 valence electrons. The molecular formula is C12H19N3O. The molecule has 0 saturated carbocycles. The minimum absolute atomic E-state index is 0.227. The molecule has 16 heavy (non-hydrogen) atoms. The third-order valence-corrected chi connectivity index (χ3v) is 2.76. The molecule has 0 amide bonds. The monoisotopic (exact) mass is 221 g/mol. The number of nitrogens with two attached hydrogens (primary N) is 1. The smallest absolute Gasteiger partial charge is 0.152 e. The molecule has 2 rings (SSSR count). The van der Waals surface area contributed by atoms with Gasteiger partial charge in [0, 0.05) is 18.8 Å². The van der Waals surface area contributed by atoms with E-state index in [9.17, 15) is 0 Å². The van der Waals surface area contributed by atoms with Crippen LogP contribution in [0.5, 0.6) is 0 Å². The molecule has 1 aromatic heterocycles. The molecule has 4 heteroatoms. The van der Waals surface area contributed by atoms with Crippen LogP contribution in [0.1, 0.15) is 19.5 Å². The molecule has 1 aliphatic rings. The maximum absolute atomic E-state index is 5.97. The van der Waals surface area contributed by atoms with Crippen LogP contribution in [0, 0.1) is 6.92 Å². The van der Waals surface area contributed by atoms with Gasteiger partial charge in [0.1, 0.15) is 0 Å². The summed E-state index contributed by atoms with van der Waals surface area (Å²) in [5.74, 6) is 0.891. The van der Waals surface area contributed by atoms with Crippen LogP contribution in [0.15, 0.2) is 12.1 Å². The number of aryl methyl sites for hydroxylation is 1. The van der Waals surface area contributed by atoms with Crippen LogP contribution in [-0.4, -0.2) is 30.3 Å². The molecule has 4 nitrogen and oxygen atoms in total. The molecular weight excluding hydrogens is 202 g/mol. The normalized spacial score (nSPS) is 25.8. The van der Waals surface area contributed by atoms with Crippen LogP contribution < -0.4 is 10.6 Å². The number of nitrogen functional groups attached to an aromatic ring is 1. The zero-order chi connectivity index (χ0) is 11.7. The quantitative estimate of drug-likeness (QED) is 0.782. The second-order valence-corrected chi connectivity index (χ2v) is 4.53. The number of ether oxygens (including phenoxy) is 1. The van der Waals surface area contributed by atoms with E-state index in [0.717, 1.165) is 30.3 Å². The van der Waals surface area contributed by atoms with Crippen LogP contribution in [0.3, 0.4) is 0 Å². The first kappa shape index (κ1) is 11.2. The van der Waals surface area contributed by atoms with Crippen molar-refractivity contribution in [2.45, 2.75) is 33.0 Å². The Kier molecular flexibility index (Phi) is 3.01. The second kappa shape index (κ2) is 4.29. The summed E-state index contributed by atoms with van der Waals surface area (Å²) in [6, 6.07) is 3.86. The van der Waals surface area contributed by atoms with E-state index in [-0.39, 0.29) is 12.2 Å². The molecule has 2 N–H and O–H groups in total. The fourth-order valence-corrected chi connectivity index (χ4v) is 2.16. The van der Waals surface area contributed by atoms with E-state index in [1.54, 1.807) is 0 Å². The fraction of sp³-hybridized carbons (Fsp3) is 0.583. The van der Waals surface area contributed by atoms with Gasteiger partial charge < -0.3 is 15.4 Å². The first-order chi connectivity index (χ1) is 7.56. The average molecular weight is 221 g/mol. The van der Waals surface area contributed by atoms with Gasteiger partial charge in [-0.15, -0.1) is 0 Å². The maximum atomic E-state index is 5.97. The highest BCUT2D eigenvalue weighted by Crippen LogP contribution is 2.24. The summed E-state index contributed by atoms with van der Waals surface area (Å²) in [4.78, 5) is 6.72. The van der Waals surface area contributed by atoms with Crippen molar-refractivity contribution in [1.29, 1.82) is 0 Å². The molecule has 1 aliphatic heterocycles. The number of hydrogen-bond donors (Lipinski definition) is 1. The number of pyridine rings is 1. The van der Waals surface area contributed by atoms with Crippen molar-refractivity contribution in [3.05, 3.63) is 17.8 Å².